The molecule has 0 bridgehead atoms. The van der Waals surface area contributed by atoms with Crippen LogP contribution in [0.25, 0.3) is 0 Å². The second-order valence-corrected chi connectivity index (χ2v) is 6.28. The summed E-state index contributed by atoms with van der Waals surface area (Å²) in [7, 11) is -3.66. The molecule has 0 saturated heterocycles. The summed E-state index contributed by atoms with van der Waals surface area (Å²) in [6, 6.07) is 1.35. The lowest BCUT2D eigenvalue weighted by Gasteiger charge is -2.18. The van der Waals surface area contributed by atoms with Gasteiger partial charge in [0.2, 0.25) is 10.0 Å². The van der Waals surface area contributed by atoms with Gasteiger partial charge in [0.15, 0.2) is 0 Å². The second-order valence-electron chi connectivity index (χ2n) is 4.36. The topological polar surface area (TPSA) is 101 Å². The summed E-state index contributed by atoms with van der Waals surface area (Å²) in [5.41, 5.74) is 0.295. The summed E-state index contributed by atoms with van der Waals surface area (Å²) in [5, 5.41) is 12.4. The number of nitrogens with zero attached hydrogens (tertiary/aromatic N) is 2. The summed E-state index contributed by atoms with van der Waals surface area (Å²) in [4.78, 5) is 10.7. The Kier molecular flexibility index (Phi) is 3.40. The van der Waals surface area contributed by atoms with E-state index in [2.05, 4.69) is 5.16 Å². The number of sulfonamides is 1. The number of carboxylic acid groups (broad SMARTS) is 1. The number of hydrogen-bond acceptors (Lipinski definition) is 5. The maximum Gasteiger partial charge on any atom is 0.318 e. The molecule has 0 radical (unpaired) electrons. The van der Waals surface area contributed by atoms with Gasteiger partial charge in [-0.25, -0.2) is 8.42 Å². The van der Waals surface area contributed by atoms with Crippen molar-refractivity contribution in [2.75, 3.05) is 6.54 Å². The maximum atomic E-state index is 12.1. The highest BCUT2D eigenvalue weighted by atomic mass is 32.2. The molecule has 1 saturated carbocycles. The van der Waals surface area contributed by atoms with Gasteiger partial charge in [-0.15, -0.1) is 0 Å². The zero-order valence-corrected chi connectivity index (χ0v) is 10.7. The van der Waals surface area contributed by atoms with Crippen LogP contribution >= 0.6 is 0 Å². The van der Waals surface area contributed by atoms with Gasteiger partial charge in [-0.3, -0.25) is 4.79 Å². The Balaban J connectivity index is 2.14. The van der Waals surface area contributed by atoms with Crippen molar-refractivity contribution in [3.05, 3.63) is 17.5 Å². The van der Waals surface area contributed by atoms with Crippen molar-refractivity contribution in [2.45, 2.75) is 31.6 Å². The minimum absolute atomic E-state index is 0.181. The highest BCUT2D eigenvalue weighted by Gasteiger charge is 2.38. The van der Waals surface area contributed by atoms with Gasteiger partial charge in [-0.2, -0.15) is 4.31 Å². The number of aryl methyl sites for hydroxylation is 1. The van der Waals surface area contributed by atoms with Crippen LogP contribution in [-0.4, -0.2) is 41.5 Å². The third-order valence-corrected chi connectivity index (χ3v) is 4.41. The first-order chi connectivity index (χ1) is 8.38. The Labute approximate surface area is 104 Å². The fraction of sp³-hybridized carbons (Fsp3) is 0.600. The van der Waals surface area contributed by atoms with Crippen LogP contribution in [0.3, 0.4) is 0 Å². The van der Waals surface area contributed by atoms with E-state index in [0.717, 1.165) is 4.31 Å². The number of carbonyl (C=O) groups is 1. The lowest BCUT2D eigenvalue weighted by Crippen LogP contribution is -2.38. The first kappa shape index (κ1) is 13.0. The summed E-state index contributed by atoms with van der Waals surface area (Å²) in [6.45, 7) is 1.17. The van der Waals surface area contributed by atoms with E-state index in [1.165, 1.54) is 6.07 Å². The van der Waals surface area contributed by atoms with Crippen LogP contribution in [0.5, 0.6) is 0 Å². The number of aromatic nitrogens is 1. The zero-order chi connectivity index (χ0) is 13.3. The molecule has 1 aromatic rings. The molecule has 1 aliphatic rings. The number of hydrogen-bond donors (Lipinski definition) is 1. The predicted molar refractivity (Wildman–Crippen MR) is 61.2 cm³/mol. The minimum Gasteiger partial charge on any atom is -0.480 e. The number of carboxylic acids is 1. The smallest absolute Gasteiger partial charge is 0.318 e. The molecule has 8 heteroatoms. The van der Waals surface area contributed by atoms with Crippen molar-refractivity contribution in [3.8, 4) is 0 Å². The third-order valence-electron chi connectivity index (χ3n) is 2.61. The molecule has 100 valence electrons. The molecule has 1 aliphatic carbocycles. The first-order valence-corrected chi connectivity index (χ1v) is 7.13. The Morgan fingerprint density at radius 1 is 1.61 bits per heavy atom. The SMILES string of the molecule is Cc1cc(CS(=O)(=O)N(CC(=O)O)C2CC2)no1. The van der Waals surface area contributed by atoms with E-state index >= 15 is 0 Å². The monoisotopic (exact) mass is 274 g/mol. The molecular weight excluding hydrogens is 260 g/mol. The van der Waals surface area contributed by atoms with Gasteiger partial charge < -0.3 is 9.63 Å². The normalized spacial score (nSPS) is 16.1. The van der Waals surface area contributed by atoms with E-state index in [1.54, 1.807) is 6.92 Å². The van der Waals surface area contributed by atoms with Crippen LogP contribution in [0.15, 0.2) is 10.6 Å². The molecule has 1 heterocycles. The van der Waals surface area contributed by atoms with E-state index in [0.29, 0.717) is 24.3 Å². The number of rotatable bonds is 6. The molecule has 0 spiro atoms. The van der Waals surface area contributed by atoms with Gasteiger partial charge in [0.05, 0.1) is 0 Å². The average molecular weight is 274 g/mol. The Morgan fingerprint density at radius 2 is 2.28 bits per heavy atom. The molecule has 0 atom stereocenters. The van der Waals surface area contributed by atoms with Crippen molar-refractivity contribution in [1.82, 2.24) is 9.46 Å². The number of aliphatic carboxylic acids is 1. The summed E-state index contributed by atoms with van der Waals surface area (Å²) in [5.74, 6) is -0.952. The maximum absolute atomic E-state index is 12.1. The van der Waals surface area contributed by atoms with Gasteiger partial charge in [-0.05, 0) is 19.8 Å². The lowest BCUT2D eigenvalue weighted by molar-refractivity contribution is -0.137. The van der Waals surface area contributed by atoms with Gasteiger partial charge in [0.1, 0.15) is 23.8 Å². The van der Waals surface area contributed by atoms with E-state index in [1.807, 2.05) is 0 Å². The predicted octanol–water partition coefficient (Wildman–Crippen LogP) is 0.362. The largest absolute Gasteiger partial charge is 0.480 e. The Morgan fingerprint density at radius 3 is 2.72 bits per heavy atom. The average Bonchev–Trinajstić information content (AvgIpc) is 2.99. The van der Waals surface area contributed by atoms with Crippen molar-refractivity contribution >= 4 is 16.0 Å². The third kappa shape index (κ3) is 3.08. The van der Waals surface area contributed by atoms with Crippen molar-refractivity contribution in [3.63, 3.8) is 0 Å². The minimum atomic E-state index is -3.66. The van der Waals surface area contributed by atoms with Crippen LogP contribution < -0.4 is 0 Å². The van der Waals surface area contributed by atoms with Crippen LogP contribution in [0.4, 0.5) is 0 Å². The van der Waals surface area contributed by atoms with Crippen LogP contribution in [0.2, 0.25) is 0 Å². The summed E-state index contributed by atoms with van der Waals surface area (Å²) in [6.07, 6.45) is 1.43. The van der Waals surface area contributed by atoms with Crippen LogP contribution in [0.1, 0.15) is 24.3 Å². The summed E-state index contributed by atoms with van der Waals surface area (Å²) >= 11 is 0. The van der Waals surface area contributed by atoms with Gasteiger partial charge in [-0.1, -0.05) is 5.16 Å². The highest BCUT2D eigenvalue weighted by molar-refractivity contribution is 7.88. The lowest BCUT2D eigenvalue weighted by atomic mass is 10.4. The second kappa shape index (κ2) is 4.69. The highest BCUT2D eigenvalue weighted by Crippen LogP contribution is 2.30. The van der Waals surface area contributed by atoms with Crippen molar-refractivity contribution < 1.29 is 22.8 Å². The van der Waals surface area contributed by atoms with Gasteiger partial charge in [0.25, 0.3) is 0 Å². The Hall–Kier alpha value is -1.41. The molecule has 1 N–H and O–H groups in total. The zero-order valence-electron chi connectivity index (χ0n) is 9.87. The first-order valence-electron chi connectivity index (χ1n) is 5.52. The molecular formula is C10H14N2O5S. The molecule has 0 amide bonds. The summed E-state index contributed by atoms with van der Waals surface area (Å²) < 4.78 is 30.1. The van der Waals surface area contributed by atoms with Gasteiger partial charge >= 0.3 is 5.97 Å². The molecule has 1 aromatic heterocycles. The standard InChI is InChI=1S/C10H14N2O5S/c1-7-4-8(11-17-7)6-18(15,16)12(5-10(13)14)9-2-3-9/h4,9H,2-3,5-6H2,1H3,(H,13,14). The van der Waals surface area contributed by atoms with Gasteiger partial charge in [0, 0.05) is 12.1 Å². The molecule has 0 unspecified atom stereocenters. The molecule has 0 aliphatic heterocycles. The molecule has 2 rings (SSSR count). The van der Waals surface area contributed by atoms with E-state index in [9.17, 15) is 13.2 Å². The van der Waals surface area contributed by atoms with E-state index in [-0.39, 0.29) is 11.8 Å². The molecule has 7 nitrogen and oxygen atoms in total. The molecule has 1 fully saturated rings. The van der Waals surface area contributed by atoms with Crippen molar-refractivity contribution in [1.29, 1.82) is 0 Å². The van der Waals surface area contributed by atoms with Crippen LogP contribution in [0, 0.1) is 6.92 Å². The Bertz CT molecular complexity index is 546. The molecule has 18 heavy (non-hydrogen) atoms. The fourth-order valence-corrected chi connectivity index (χ4v) is 3.35. The van der Waals surface area contributed by atoms with Crippen molar-refractivity contribution in [2.24, 2.45) is 0 Å². The van der Waals surface area contributed by atoms with Crippen LogP contribution in [-0.2, 0) is 20.6 Å². The quantitative estimate of drug-likeness (QED) is 0.804. The van der Waals surface area contributed by atoms with E-state index in [4.69, 9.17) is 9.63 Å². The van der Waals surface area contributed by atoms with E-state index < -0.39 is 22.5 Å². The fourth-order valence-electron chi connectivity index (χ4n) is 1.71. The molecule has 0 aromatic carbocycles.